The van der Waals surface area contributed by atoms with Crippen LogP contribution in [0.5, 0.6) is 5.75 Å². The molecule has 3 heterocycles. The highest BCUT2D eigenvalue weighted by Gasteiger charge is 2.44. The number of unbranched alkanes of at least 4 members (excludes halogenated alkanes) is 1. The van der Waals surface area contributed by atoms with Crippen molar-refractivity contribution in [3.8, 4) is 5.75 Å². The van der Waals surface area contributed by atoms with E-state index in [-0.39, 0.29) is 22.3 Å². The maximum Gasteiger partial charge on any atom is 0.297 e. The Morgan fingerprint density at radius 1 is 1.22 bits per heavy atom. The quantitative estimate of drug-likeness (QED) is 0.372. The largest absolute Gasteiger partial charge is 0.494 e. The zero-order valence-corrected chi connectivity index (χ0v) is 18.0. The highest BCUT2D eigenvalue weighted by Crippen LogP contribution is 2.42. The lowest BCUT2D eigenvalue weighted by Crippen LogP contribution is -2.29. The molecule has 2 aromatic heterocycles. The van der Waals surface area contributed by atoms with Crippen LogP contribution in [0.1, 0.15) is 47.5 Å². The van der Waals surface area contributed by atoms with Gasteiger partial charge in [0.2, 0.25) is 5.76 Å². The molecular weight excluding hydrogens is 431 g/mol. The van der Waals surface area contributed by atoms with Gasteiger partial charge in [0, 0.05) is 11.6 Å². The fourth-order valence-corrected chi connectivity index (χ4v) is 4.57. The van der Waals surface area contributed by atoms with Gasteiger partial charge in [-0.15, -0.1) is 11.3 Å². The van der Waals surface area contributed by atoms with Crippen molar-refractivity contribution in [2.24, 2.45) is 0 Å². The van der Waals surface area contributed by atoms with Crippen molar-refractivity contribution in [3.05, 3.63) is 87.0 Å². The first kappa shape index (κ1) is 20.4. The van der Waals surface area contributed by atoms with E-state index in [0.717, 1.165) is 18.9 Å². The van der Waals surface area contributed by atoms with E-state index in [1.54, 1.807) is 11.6 Å². The Morgan fingerprint density at radius 2 is 2.09 bits per heavy atom. The van der Waals surface area contributed by atoms with Gasteiger partial charge in [0.15, 0.2) is 10.6 Å². The Morgan fingerprint density at radius 3 is 2.88 bits per heavy atom. The Balaban J connectivity index is 1.71. The summed E-state index contributed by atoms with van der Waals surface area (Å²) in [7, 11) is 0. The van der Waals surface area contributed by atoms with Crippen molar-refractivity contribution >= 4 is 33.3 Å². The second-order valence-electron chi connectivity index (χ2n) is 7.48. The summed E-state index contributed by atoms with van der Waals surface area (Å²) < 4.78 is 25.5. The minimum absolute atomic E-state index is 0.0494. The summed E-state index contributed by atoms with van der Waals surface area (Å²) in [4.78, 5) is 32.6. The topological polar surface area (TPSA) is 72.6 Å². The molecule has 8 heteroatoms. The van der Waals surface area contributed by atoms with Crippen molar-refractivity contribution in [2.75, 3.05) is 11.5 Å². The van der Waals surface area contributed by atoms with Gasteiger partial charge >= 0.3 is 0 Å². The molecule has 1 aliphatic rings. The number of fused-ring (bicyclic) bond motifs is 2. The van der Waals surface area contributed by atoms with Crippen LogP contribution in [0, 0.1) is 5.82 Å². The van der Waals surface area contributed by atoms with Crippen LogP contribution in [0.2, 0.25) is 0 Å². The number of halogens is 1. The molecule has 0 fully saturated rings. The first-order valence-electron chi connectivity index (χ1n) is 10.3. The molecule has 0 aliphatic carbocycles. The molecule has 0 spiro atoms. The minimum Gasteiger partial charge on any atom is -0.494 e. The van der Waals surface area contributed by atoms with Gasteiger partial charge in [-0.25, -0.2) is 9.37 Å². The number of aromatic nitrogens is 1. The molecule has 1 unspecified atom stereocenters. The first-order chi connectivity index (χ1) is 15.6. The number of amides is 1. The van der Waals surface area contributed by atoms with Crippen LogP contribution in [0.15, 0.2) is 63.3 Å². The second-order valence-corrected chi connectivity index (χ2v) is 8.35. The Bertz CT molecular complexity index is 1370. The molecule has 1 aliphatic heterocycles. The summed E-state index contributed by atoms with van der Waals surface area (Å²) in [5, 5.41) is 2.30. The van der Waals surface area contributed by atoms with Crippen LogP contribution in [0.3, 0.4) is 0 Å². The number of carbonyl (C=O) groups is 1. The molecule has 0 bridgehead atoms. The van der Waals surface area contributed by atoms with E-state index in [4.69, 9.17) is 9.15 Å². The predicted octanol–water partition coefficient (Wildman–Crippen LogP) is 5.32. The van der Waals surface area contributed by atoms with E-state index in [1.165, 1.54) is 28.4 Å². The molecule has 162 valence electrons. The molecule has 1 amide bonds. The summed E-state index contributed by atoms with van der Waals surface area (Å²) in [6, 6.07) is 10.2. The molecule has 32 heavy (non-hydrogen) atoms. The van der Waals surface area contributed by atoms with Crippen LogP contribution in [0.25, 0.3) is 11.0 Å². The zero-order chi connectivity index (χ0) is 22.2. The van der Waals surface area contributed by atoms with Gasteiger partial charge in [0.25, 0.3) is 5.91 Å². The lowest BCUT2D eigenvalue weighted by atomic mass is 9.98. The third kappa shape index (κ3) is 3.36. The summed E-state index contributed by atoms with van der Waals surface area (Å²) >= 11 is 1.29. The minimum atomic E-state index is -0.762. The molecule has 4 aromatic rings. The molecule has 0 saturated heterocycles. The standard InChI is InChI=1S/C24H19FN2O4S/c1-2-3-10-30-16-6-4-5-14(12-16)20-19-21(28)17-13-15(25)7-8-18(17)31-22(19)23(29)27(20)24-26-9-11-32-24/h4-9,11-13,20H,2-3,10H2,1H3. The monoisotopic (exact) mass is 450 g/mol. The second kappa shape index (κ2) is 8.20. The number of rotatable bonds is 6. The molecular formula is C24H19FN2O4S. The van der Waals surface area contributed by atoms with Gasteiger partial charge in [-0.2, -0.15) is 0 Å². The lowest BCUT2D eigenvalue weighted by molar-refractivity contribution is 0.0971. The van der Waals surface area contributed by atoms with E-state index in [9.17, 15) is 14.0 Å². The number of hydrogen-bond donors (Lipinski definition) is 0. The average Bonchev–Trinajstić information content (AvgIpc) is 3.41. The molecule has 0 N–H and O–H groups in total. The van der Waals surface area contributed by atoms with Gasteiger partial charge in [-0.1, -0.05) is 25.5 Å². The van der Waals surface area contributed by atoms with Gasteiger partial charge in [0.1, 0.15) is 17.1 Å². The van der Waals surface area contributed by atoms with Crippen LogP contribution >= 0.6 is 11.3 Å². The summed E-state index contributed by atoms with van der Waals surface area (Å²) in [5.74, 6) is -0.409. The number of hydrogen-bond acceptors (Lipinski definition) is 6. The third-order valence-electron chi connectivity index (χ3n) is 5.40. The highest BCUT2D eigenvalue weighted by atomic mass is 32.1. The van der Waals surface area contributed by atoms with Crippen molar-refractivity contribution in [1.82, 2.24) is 4.98 Å². The number of carbonyl (C=O) groups excluding carboxylic acids is 1. The molecule has 5 rings (SSSR count). The Kier molecular flexibility index (Phi) is 5.22. The number of thiazole rings is 1. The molecule has 6 nitrogen and oxygen atoms in total. The maximum absolute atomic E-state index is 13.9. The van der Waals surface area contributed by atoms with Gasteiger partial charge in [-0.3, -0.25) is 14.5 Å². The highest BCUT2D eigenvalue weighted by molar-refractivity contribution is 7.13. The molecule has 0 saturated carbocycles. The SMILES string of the molecule is CCCCOc1cccc(C2c3c(oc4ccc(F)cc4c3=O)C(=O)N2c2nccs2)c1. The fourth-order valence-electron chi connectivity index (χ4n) is 3.90. The van der Waals surface area contributed by atoms with Crippen molar-refractivity contribution in [1.29, 1.82) is 0 Å². The van der Waals surface area contributed by atoms with E-state index >= 15 is 0 Å². The average molecular weight is 450 g/mol. The van der Waals surface area contributed by atoms with E-state index in [1.807, 2.05) is 24.3 Å². The van der Waals surface area contributed by atoms with E-state index in [0.29, 0.717) is 23.1 Å². The van der Waals surface area contributed by atoms with Gasteiger partial charge in [0.05, 0.1) is 23.6 Å². The van der Waals surface area contributed by atoms with Crippen molar-refractivity contribution in [2.45, 2.75) is 25.8 Å². The third-order valence-corrected chi connectivity index (χ3v) is 6.17. The summed E-state index contributed by atoms with van der Waals surface area (Å²) in [6.07, 6.45) is 3.52. The van der Waals surface area contributed by atoms with Crippen molar-refractivity contribution in [3.63, 3.8) is 0 Å². The number of benzene rings is 2. The Labute approximate surface area is 186 Å². The molecule has 2 aromatic carbocycles. The Hall–Kier alpha value is -3.52. The molecule has 0 radical (unpaired) electrons. The first-order valence-corrected chi connectivity index (χ1v) is 11.2. The summed E-state index contributed by atoms with van der Waals surface area (Å²) in [5.41, 5.74) is 0.591. The zero-order valence-electron chi connectivity index (χ0n) is 17.2. The van der Waals surface area contributed by atoms with Crippen LogP contribution < -0.4 is 15.1 Å². The number of anilines is 1. The van der Waals surface area contributed by atoms with E-state index in [2.05, 4.69) is 11.9 Å². The maximum atomic E-state index is 13.9. The fraction of sp³-hybridized carbons (Fsp3) is 0.208. The van der Waals surface area contributed by atoms with Crippen molar-refractivity contribution < 1.29 is 18.3 Å². The van der Waals surface area contributed by atoms with Crippen LogP contribution in [0.4, 0.5) is 9.52 Å². The van der Waals surface area contributed by atoms with Gasteiger partial charge < -0.3 is 9.15 Å². The number of ether oxygens (including phenoxy) is 1. The van der Waals surface area contributed by atoms with Crippen LogP contribution in [-0.2, 0) is 0 Å². The number of nitrogens with zero attached hydrogens (tertiary/aromatic N) is 2. The summed E-state index contributed by atoms with van der Waals surface area (Å²) in [6.45, 7) is 2.65. The smallest absolute Gasteiger partial charge is 0.297 e. The van der Waals surface area contributed by atoms with E-state index < -0.39 is 23.2 Å². The molecule has 1 atom stereocenters. The normalized spacial score (nSPS) is 15.4. The lowest BCUT2D eigenvalue weighted by Gasteiger charge is -2.23. The van der Waals surface area contributed by atoms with Gasteiger partial charge in [-0.05, 0) is 42.3 Å². The predicted molar refractivity (Wildman–Crippen MR) is 120 cm³/mol. The van der Waals surface area contributed by atoms with Crippen LogP contribution in [-0.4, -0.2) is 17.5 Å².